The number of nitrogens with zero attached hydrogens (tertiary/aromatic N) is 3. The third-order valence-electron chi connectivity index (χ3n) is 4.28. The Morgan fingerprint density at radius 3 is 2.71 bits per heavy atom. The van der Waals surface area contributed by atoms with E-state index in [9.17, 15) is 4.79 Å². The van der Waals surface area contributed by atoms with Crippen LogP contribution in [0, 0.1) is 0 Å². The van der Waals surface area contributed by atoms with E-state index in [0.29, 0.717) is 31.4 Å². The summed E-state index contributed by atoms with van der Waals surface area (Å²) in [4.78, 5) is 19.3. The Bertz CT molecular complexity index is 545. The zero-order chi connectivity index (χ0) is 15.0. The molecule has 1 aliphatic carbocycles. The van der Waals surface area contributed by atoms with E-state index in [1.54, 1.807) is 7.11 Å². The van der Waals surface area contributed by atoms with Crippen LogP contribution in [0.2, 0.25) is 0 Å². The van der Waals surface area contributed by atoms with Gasteiger partial charge in [-0.2, -0.15) is 4.98 Å². The Morgan fingerprint density at radius 2 is 2.14 bits per heavy atom. The van der Waals surface area contributed by atoms with Crippen LogP contribution < -0.4 is 9.64 Å². The standard InChI is InChI=1S/C15H21N3O3/c1-10-9-17(7-8-18(10)15(19)20)13-6-5-12(11-3-4-11)14(16-13)21-2/h5-6,10-11H,3-4,7-9H2,1-2H3,(H,19,20). The summed E-state index contributed by atoms with van der Waals surface area (Å²) in [5.74, 6) is 2.18. The molecule has 0 radical (unpaired) electrons. The van der Waals surface area contributed by atoms with Crippen molar-refractivity contribution in [2.75, 3.05) is 31.6 Å². The van der Waals surface area contributed by atoms with Crippen molar-refractivity contribution in [2.24, 2.45) is 0 Å². The summed E-state index contributed by atoms with van der Waals surface area (Å²) in [5, 5.41) is 9.12. The Kier molecular flexibility index (Phi) is 3.61. The highest BCUT2D eigenvalue weighted by molar-refractivity contribution is 5.66. The number of methoxy groups -OCH3 is 1. The summed E-state index contributed by atoms with van der Waals surface area (Å²) in [6, 6.07) is 4.10. The molecule has 1 atom stereocenters. The van der Waals surface area contributed by atoms with Gasteiger partial charge in [-0.1, -0.05) is 0 Å². The molecule has 1 aromatic rings. The number of amides is 1. The molecule has 6 heteroatoms. The summed E-state index contributed by atoms with van der Waals surface area (Å²) in [7, 11) is 1.66. The summed E-state index contributed by atoms with van der Waals surface area (Å²) in [6.45, 7) is 3.75. The van der Waals surface area contributed by atoms with Gasteiger partial charge in [-0.05, 0) is 37.8 Å². The SMILES string of the molecule is COc1nc(N2CCN(C(=O)O)C(C)C2)ccc1C1CC1. The van der Waals surface area contributed by atoms with Crippen molar-refractivity contribution in [3.8, 4) is 5.88 Å². The number of hydrogen-bond acceptors (Lipinski definition) is 4. The smallest absolute Gasteiger partial charge is 0.407 e. The fraction of sp³-hybridized carbons (Fsp3) is 0.600. The molecule has 1 N–H and O–H groups in total. The quantitative estimate of drug-likeness (QED) is 0.924. The van der Waals surface area contributed by atoms with Crippen molar-refractivity contribution in [3.63, 3.8) is 0 Å². The monoisotopic (exact) mass is 291 g/mol. The molecular weight excluding hydrogens is 270 g/mol. The highest BCUT2D eigenvalue weighted by Gasteiger charge is 2.30. The van der Waals surface area contributed by atoms with Crippen molar-refractivity contribution in [3.05, 3.63) is 17.7 Å². The van der Waals surface area contributed by atoms with Crippen LogP contribution in [0.1, 0.15) is 31.2 Å². The minimum absolute atomic E-state index is 0.0350. The molecule has 2 fully saturated rings. The van der Waals surface area contributed by atoms with Gasteiger partial charge in [0.2, 0.25) is 5.88 Å². The van der Waals surface area contributed by atoms with E-state index in [-0.39, 0.29) is 6.04 Å². The second kappa shape index (κ2) is 5.42. The maximum atomic E-state index is 11.1. The molecule has 1 amide bonds. The van der Waals surface area contributed by atoms with Crippen LogP contribution in [0.25, 0.3) is 0 Å². The normalized spacial score (nSPS) is 22.3. The Morgan fingerprint density at radius 1 is 1.38 bits per heavy atom. The average Bonchev–Trinajstić information content (AvgIpc) is 3.30. The van der Waals surface area contributed by atoms with Crippen molar-refractivity contribution in [2.45, 2.75) is 31.7 Å². The lowest BCUT2D eigenvalue weighted by molar-refractivity contribution is 0.122. The Labute approximate surface area is 124 Å². The van der Waals surface area contributed by atoms with Gasteiger partial charge in [-0.25, -0.2) is 4.79 Å². The molecule has 1 unspecified atom stereocenters. The molecule has 3 rings (SSSR count). The van der Waals surface area contributed by atoms with Crippen molar-refractivity contribution >= 4 is 11.9 Å². The molecule has 0 spiro atoms. The van der Waals surface area contributed by atoms with Crippen LogP contribution in [0.5, 0.6) is 5.88 Å². The predicted molar refractivity (Wildman–Crippen MR) is 79.2 cm³/mol. The highest BCUT2D eigenvalue weighted by atomic mass is 16.5. The van der Waals surface area contributed by atoms with Gasteiger partial charge in [-0.3, -0.25) is 0 Å². The first-order valence-corrected chi connectivity index (χ1v) is 7.39. The second-order valence-electron chi connectivity index (χ2n) is 5.81. The van der Waals surface area contributed by atoms with E-state index < -0.39 is 6.09 Å². The third kappa shape index (κ3) is 2.75. The molecule has 2 heterocycles. The number of rotatable bonds is 3. The third-order valence-corrected chi connectivity index (χ3v) is 4.28. The number of pyridine rings is 1. The average molecular weight is 291 g/mol. The summed E-state index contributed by atoms with van der Waals surface area (Å²) in [6.07, 6.45) is 1.58. The van der Waals surface area contributed by atoms with E-state index in [2.05, 4.69) is 16.0 Å². The lowest BCUT2D eigenvalue weighted by atomic mass is 10.1. The molecule has 1 saturated heterocycles. The van der Waals surface area contributed by atoms with Gasteiger partial charge in [0.25, 0.3) is 0 Å². The lowest BCUT2D eigenvalue weighted by Gasteiger charge is -2.38. The first-order valence-electron chi connectivity index (χ1n) is 7.39. The summed E-state index contributed by atoms with van der Waals surface area (Å²) < 4.78 is 5.42. The van der Waals surface area contributed by atoms with Crippen LogP contribution in [0.15, 0.2) is 12.1 Å². The van der Waals surface area contributed by atoms with Gasteiger partial charge in [0, 0.05) is 31.2 Å². The van der Waals surface area contributed by atoms with Gasteiger partial charge in [0.05, 0.1) is 7.11 Å². The number of aromatic nitrogens is 1. The van der Waals surface area contributed by atoms with Gasteiger partial charge >= 0.3 is 6.09 Å². The predicted octanol–water partition coefficient (Wildman–Crippen LogP) is 2.16. The molecule has 1 saturated carbocycles. The first-order chi connectivity index (χ1) is 10.1. The zero-order valence-corrected chi connectivity index (χ0v) is 12.5. The molecule has 0 aromatic carbocycles. The van der Waals surface area contributed by atoms with Gasteiger partial charge in [0.15, 0.2) is 0 Å². The van der Waals surface area contributed by atoms with E-state index in [1.165, 1.54) is 23.3 Å². The number of piperazine rings is 1. The number of ether oxygens (including phenoxy) is 1. The number of hydrogen-bond donors (Lipinski definition) is 1. The van der Waals surface area contributed by atoms with Crippen molar-refractivity contribution in [1.82, 2.24) is 9.88 Å². The van der Waals surface area contributed by atoms with E-state index in [1.807, 2.05) is 13.0 Å². The molecule has 2 aliphatic rings. The zero-order valence-electron chi connectivity index (χ0n) is 12.5. The molecule has 6 nitrogen and oxygen atoms in total. The molecular formula is C15H21N3O3. The topological polar surface area (TPSA) is 65.9 Å². The van der Waals surface area contributed by atoms with Crippen molar-refractivity contribution in [1.29, 1.82) is 0 Å². The van der Waals surface area contributed by atoms with Crippen LogP contribution in [0.4, 0.5) is 10.6 Å². The molecule has 1 aliphatic heterocycles. The minimum atomic E-state index is -0.850. The number of anilines is 1. The Balaban J connectivity index is 1.77. The van der Waals surface area contributed by atoms with Crippen molar-refractivity contribution < 1.29 is 14.6 Å². The lowest BCUT2D eigenvalue weighted by Crippen LogP contribution is -2.53. The first kappa shape index (κ1) is 14.0. The van der Waals surface area contributed by atoms with Gasteiger partial charge in [0.1, 0.15) is 5.82 Å². The van der Waals surface area contributed by atoms with Gasteiger partial charge in [-0.15, -0.1) is 0 Å². The fourth-order valence-electron chi connectivity index (χ4n) is 2.94. The van der Waals surface area contributed by atoms with Crippen LogP contribution in [0.3, 0.4) is 0 Å². The number of carbonyl (C=O) groups is 1. The summed E-state index contributed by atoms with van der Waals surface area (Å²) >= 11 is 0. The molecule has 0 bridgehead atoms. The van der Waals surface area contributed by atoms with Crippen LogP contribution >= 0.6 is 0 Å². The van der Waals surface area contributed by atoms with Crippen LogP contribution in [-0.4, -0.2) is 53.9 Å². The molecule has 21 heavy (non-hydrogen) atoms. The molecule has 114 valence electrons. The van der Waals surface area contributed by atoms with Crippen LogP contribution in [-0.2, 0) is 0 Å². The second-order valence-corrected chi connectivity index (χ2v) is 5.81. The van der Waals surface area contributed by atoms with E-state index >= 15 is 0 Å². The maximum absolute atomic E-state index is 11.1. The van der Waals surface area contributed by atoms with Gasteiger partial charge < -0.3 is 19.6 Å². The Hall–Kier alpha value is -1.98. The fourth-order valence-corrected chi connectivity index (χ4v) is 2.94. The maximum Gasteiger partial charge on any atom is 0.407 e. The molecule has 1 aromatic heterocycles. The largest absolute Gasteiger partial charge is 0.481 e. The minimum Gasteiger partial charge on any atom is -0.481 e. The summed E-state index contributed by atoms with van der Waals surface area (Å²) in [5.41, 5.74) is 1.19. The van der Waals surface area contributed by atoms with E-state index in [0.717, 1.165) is 5.82 Å². The highest BCUT2D eigenvalue weighted by Crippen LogP contribution is 2.44. The number of carboxylic acid groups (broad SMARTS) is 1. The van der Waals surface area contributed by atoms with E-state index in [4.69, 9.17) is 9.84 Å².